The van der Waals surface area contributed by atoms with Crippen molar-refractivity contribution < 1.29 is 12.8 Å². The molecule has 3 aromatic rings. The predicted molar refractivity (Wildman–Crippen MR) is 113 cm³/mol. The first-order valence-electron chi connectivity index (χ1n) is 8.58. The lowest BCUT2D eigenvalue weighted by Gasteiger charge is -2.20. The van der Waals surface area contributed by atoms with Crippen LogP contribution in [0.15, 0.2) is 70.6 Å². The lowest BCUT2D eigenvalue weighted by molar-refractivity contribution is 0.540. The Bertz CT molecular complexity index is 1160. The number of benzene rings is 3. The minimum absolute atomic E-state index is 0.202. The second kappa shape index (κ2) is 7.73. The molecule has 28 heavy (non-hydrogen) atoms. The van der Waals surface area contributed by atoms with Gasteiger partial charge in [-0.25, -0.2) is 17.1 Å². The molecule has 0 aromatic heterocycles. The van der Waals surface area contributed by atoms with Gasteiger partial charge in [-0.15, -0.1) is 0 Å². The van der Waals surface area contributed by atoms with E-state index in [0.29, 0.717) is 22.3 Å². The lowest BCUT2D eigenvalue weighted by Crippen LogP contribution is -2.33. The zero-order valence-corrected chi connectivity index (χ0v) is 17.1. The molecular formula is C20H16ClFN2O2S2. The van der Waals surface area contributed by atoms with Gasteiger partial charge in [-0.3, -0.25) is 4.99 Å². The summed E-state index contributed by atoms with van der Waals surface area (Å²) in [6, 6.07) is 17.1. The van der Waals surface area contributed by atoms with Gasteiger partial charge in [-0.05, 0) is 35.0 Å². The number of thioether (sulfide) groups is 1. The molecule has 0 spiro atoms. The van der Waals surface area contributed by atoms with Crippen molar-refractivity contribution in [2.75, 3.05) is 13.1 Å². The van der Waals surface area contributed by atoms with Crippen LogP contribution in [0.3, 0.4) is 0 Å². The van der Waals surface area contributed by atoms with Crippen LogP contribution in [0, 0.1) is 5.82 Å². The Kier molecular flexibility index (Phi) is 5.31. The van der Waals surface area contributed by atoms with Gasteiger partial charge in [0, 0.05) is 16.3 Å². The molecule has 0 aliphatic carbocycles. The minimum Gasteiger partial charge on any atom is -0.260 e. The van der Waals surface area contributed by atoms with Crippen LogP contribution < -0.4 is 0 Å². The third-order valence-corrected chi connectivity index (χ3v) is 7.78. The quantitative estimate of drug-likeness (QED) is 0.585. The average molecular weight is 435 g/mol. The summed E-state index contributed by atoms with van der Waals surface area (Å²) in [5, 5.41) is 2.50. The SMILES string of the molecule is O=S(=O)(c1ccc2ccccc2c1)N1CCN=C1SCc1c(F)cccc1Cl. The van der Waals surface area contributed by atoms with Crippen LogP contribution in [0.5, 0.6) is 0 Å². The van der Waals surface area contributed by atoms with Crippen molar-refractivity contribution in [3.8, 4) is 0 Å². The normalized spacial score (nSPS) is 14.5. The summed E-state index contributed by atoms with van der Waals surface area (Å²) in [6.45, 7) is 0.642. The molecule has 3 aromatic carbocycles. The minimum atomic E-state index is -3.75. The van der Waals surface area contributed by atoms with Crippen LogP contribution in [0.25, 0.3) is 10.8 Å². The highest BCUT2D eigenvalue weighted by Gasteiger charge is 2.31. The molecule has 0 N–H and O–H groups in total. The highest BCUT2D eigenvalue weighted by molar-refractivity contribution is 8.14. The molecule has 0 saturated carbocycles. The zero-order chi connectivity index (χ0) is 19.7. The number of halogens is 2. The fourth-order valence-electron chi connectivity index (χ4n) is 3.01. The second-order valence-electron chi connectivity index (χ2n) is 6.24. The van der Waals surface area contributed by atoms with Crippen LogP contribution in [0.1, 0.15) is 5.56 Å². The topological polar surface area (TPSA) is 49.7 Å². The van der Waals surface area contributed by atoms with E-state index < -0.39 is 15.8 Å². The van der Waals surface area contributed by atoms with E-state index in [1.165, 1.54) is 28.2 Å². The number of amidine groups is 1. The van der Waals surface area contributed by atoms with E-state index in [9.17, 15) is 12.8 Å². The summed E-state index contributed by atoms with van der Waals surface area (Å²) < 4.78 is 41.6. The number of hydrogen-bond donors (Lipinski definition) is 0. The Labute approximate surface area is 172 Å². The van der Waals surface area contributed by atoms with Gasteiger partial charge in [-0.2, -0.15) is 0 Å². The number of nitrogens with zero attached hydrogens (tertiary/aromatic N) is 2. The van der Waals surface area contributed by atoms with Crippen molar-refractivity contribution in [1.29, 1.82) is 0 Å². The summed E-state index contributed by atoms with van der Waals surface area (Å²) >= 11 is 7.24. The van der Waals surface area contributed by atoms with E-state index in [1.54, 1.807) is 24.3 Å². The summed E-state index contributed by atoms with van der Waals surface area (Å²) in [5.41, 5.74) is 0.340. The lowest BCUT2D eigenvalue weighted by atomic mass is 10.1. The van der Waals surface area contributed by atoms with Gasteiger partial charge in [0.1, 0.15) is 5.82 Å². The first kappa shape index (κ1) is 19.2. The van der Waals surface area contributed by atoms with Crippen LogP contribution >= 0.6 is 23.4 Å². The Morgan fingerprint density at radius 3 is 2.64 bits per heavy atom. The Morgan fingerprint density at radius 2 is 1.86 bits per heavy atom. The summed E-state index contributed by atoms with van der Waals surface area (Å²) in [4.78, 5) is 4.52. The molecule has 0 atom stereocenters. The van der Waals surface area contributed by atoms with Crippen molar-refractivity contribution in [3.63, 3.8) is 0 Å². The van der Waals surface area contributed by atoms with Gasteiger partial charge >= 0.3 is 0 Å². The number of rotatable bonds is 4. The summed E-state index contributed by atoms with van der Waals surface area (Å²) in [7, 11) is -3.75. The van der Waals surface area contributed by atoms with E-state index in [1.807, 2.05) is 24.3 Å². The molecule has 0 saturated heterocycles. The van der Waals surface area contributed by atoms with Crippen molar-refractivity contribution in [3.05, 3.63) is 77.1 Å². The van der Waals surface area contributed by atoms with Gasteiger partial charge in [0.15, 0.2) is 5.17 Å². The number of aliphatic imine (C=N–C) groups is 1. The highest BCUT2D eigenvalue weighted by Crippen LogP contribution is 2.30. The molecule has 0 unspecified atom stereocenters. The molecule has 0 bridgehead atoms. The van der Waals surface area contributed by atoms with Crippen molar-refractivity contribution in [2.24, 2.45) is 4.99 Å². The molecule has 1 heterocycles. The maximum atomic E-state index is 14.0. The standard InChI is InChI=1S/C20H16ClFN2O2S2/c21-18-6-3-7-19(22)17(18)13-27-20-23-10-11-24(20)28(25,26)16-9-8-14-4-1-2-5-15(14)12-16/h1-9,12H,10-11,13H2. The maximum Gasteiger partial charge on any atom is 0.265 e. The van der Waals surface area contributed by atoms with Crippen molar-refractivity contribution >= 4 is 49.3 Å². The third kappa shape index (κ3) is 3.62. The van der Waals surface area contributed by atoms with Gasteiger partial charge in [0.05, 0.1) is 18.0 Å². The fraction of sp³-hybridized carbons (Fsp3) is 0.150. The van der Waals surface area contributed by atoms with Gasteiger partial charge < -0.3 is 0 Å². The van der Waals surface area contributed by atoms with Crippen LogP contribution in [-0.2, 0) is 15.8 Å². The fourth-order valence-corrected chi connectivity index (χ4v) is 6.12. The van der Waals surface area contributed by atoms with Gasteiger partial charge in [0.25, 0.3) is 10.0 Å². The van der Waals surface area contributed by atoms with E-state index in [-0.39, 0.29) is 17.2 Å². The molecule has 4 rings (SSSR count). The molecular weight excluding hydrogens is 419 g/mol. The number of hydrogen-bond acceptors (Lipinski definition) is 4. The Balaban J connectivity index is 1.59. The van der Waals surface area contributed by atoms with E-state index >= 15 is 0 Å². The zero-order valence-electron chi connectivity index (χ0n) is 14.7. The largest absolute Gasteiger partial charge is 0.265 e. The first-order chi connectivity index (χ1) is 13.5. The van der Waals surface area contributed by atoms with E-state index in [0.717, 1.165) is 10.8 Å². The van der Waals surface area contributed by atoms with Crippen LogP contribution in [-0.4, -0.2) is 31.0 Å². The molecule has 144 valence electrons. The predicted octanol–water partition coefficient (Wildman–Crippen LogP) is 4.93. The highest BCUT2D eigenvalue weighted by atomic mass is 35.5. The summed E-state index contributed by atoms with van der Waals surface area (Å²) in [5.74, 6) is -0.212. The molecule has 0 radical (unpaired) electrons. The first-order valence-corrected chi connectivity index (χ1v) is 11.4. The van der Waals surface area contributed by atoms with Crippen molar-refractivity contribution in [2.45, 2.75) is 10.6 Å². The van der Waals surface area contributed by atoms with Gasteiger partial charge in [0.2, 0.25) is 0 Å². The Morgan fingerprint density at radius 1 is 1.07 bits per heavy atom. The van der Waals surface area contributed by atoms with Gasteiger partial charge in [-0.1, -0.05) is 59.8 Å². The number of fused-ring (bicyclic) bond motifs is 1. The van der Waals surface area contributed by atoms with Crippen LogP contribution in [0.2, 0.25) is 5.02 Å². The summed E-state index contributed by atoms with van der Waals surface area (Å²) in [6.07, 6.45) is 0. The monoisotopic (exact) mass is 434 g/mol. The van der Waals surface area contributed by atoms with Crippen LogP contribution in [0.4, 0.5) is 4.39 Å². The molecule has 8 heteroatoms. The average Bonchev–Trinajstić information content (AvgIpc) is 3.17. The van der Waals surface area contributed by atoms with E-state index in [4.69, 9.17) is 11.6 Å². The third-order valence-electron chi connectivity index (χ3n) is 4.48. The maximum absolute atomic E-state index is 14.0. The molecule has 1 aliphatic rings. The van der Waals surface area contributed by atoms with E-state index in [2.05, 4.69) is 4.99 Å². The molecule has 0 amide bonds. The second-order valence-corrected chi connectivity index (χ2v) is 9.45. The molecule has 4 nitrogen and oxygen atoms in total. The molecule has 0 fully saturated rings. The number of sulfonamides is 1. The van der Waals surface area contributed by atoms with Crippen molar-refractivity contribution in [1.82, 2.24) is 4.31 Å². The smallest absolute Gasteiger partial charge is 0.260 e. The Hall–Kier alpha value is -2.09. The molecule has 1 aliphatic heterocycles.